The van der Waals surface area contributed by atoms with Crippen molar-refractivity contribution in [2.75, 3.05) is 6.61 Å². The molecular weight excluding hydrogens is 293 g/mol. The number of phosphoric ester groups is 1. The Morgan fingerprint density at radius 2 is 1.44 bits per heavy atom. The van der Waals surface area contributed by atoms with Crippen molar-refractivity contribution in [3.05, 3.63) is 0 Å². The third-order valence-corrected chi connectivity index (χ3v) is 4.52. The van der Waals surface area contributed by atoms with E-state index in [0.717, 1.165) is 0 Å². The fourth-order valence-corrected chi connectivity index (χ4v) is 3.37. The summed E-state index contributed by atoms with van der Waals surface area (Å²) in [6.45, 7) is -0.927. The van der Waals surface area contributed by atoms with Crippen LogP contribution in [0.4, 0.5) is 0 Å². The van der Waals surface area contributed by atoms with Crippen molar-refractivity contribution in [3.8, 4) is 0 Å². The van der Waals surface area contributed by atoms with Gasteiger partial charge in [0.25, 0.3) is 0 Å². The second-order valence-electron chi connectivity index (χ2n) is 2.05. The Balaban J connectivity index is 4.58. The van der Waals surface area contributed by atoms with E-state index in [1.165, 1.54) is 0 Å². The van der Waals surface area contributed by atoms with Crippen LogP contribution in [0, 0.1) is 0 Å². The molecule has 0 saturated carbocycles. The maximum Gasteiger partial charge on any atom is 0.490 e. The third kappa shape index (κ3) is 8.26. The predicted octanol–water partition coefficient (Wildman–Crippen LogP) is -0.471. The highest BCUT2D eigenvalue weighted by atomic mass is 31.3. The Kier molecular flexibility index (Phi) is 5.64. The molecule has 0 aliphatic heterocycles. The van der Waals surface area contributed by atoms with Gasteiger partial charge >= 0.3 is 23.5 Å². The predicted molar refractivity (Wildman–Crippen MR) is 45.9 cm³/mol. The highest BCUT2D eigenvalue weighted by Crippen LogP contribution is 2.66. The largest absolute Gasteiger partial charge is 0.490 e. The van der Waals surface area contributed by atoms with Gasteiger partial charge in [0.05, 0.1) is 0 Å². The molecular formula is C2H7O11P3. The van der Waals surface area contributed by atoms with Crippen molar-refractivity contribution < 1.29 is 51.2 Å². The fourth-order valence-electron chi connectivity index (χ4n) is 0.428. The second-order valence-corrected chi connectivity index (χ2v) is 6.47. The third-order valence-electron chi connectivity index (χ3n) is 0.722. The standard InChI is InChI=1S/C2H7O11P3/c3-1-2-11-15(7,8)13-16(9,10)12-14(4,5)6/h1H,2H2,(H,7,8)(H,9,10)(H2,4,5,6). The van der Waals surface area contributed by atoms with E-state index in [1.54, 1.807) is 0 Å². The van der Waals surface area contributed by atoms with Crippen LogP contribution in [-0.4, -0.2) is 32.5 Å². The minimum Gasteiger partial charge on any atom is -0.302 e. The van der Waals surface area contributed by atoms with Crippen LogP contribution in [0.25, 0.3) is 0 Å². The van der Waals surface area contributed by atoms with E-state index in [4.69, 9.17) is 19.6 Å². The van der Waals surface area contributed by atoms with Crippen molar-refractivity contribution in [2.24, 2.45) is 0 Å². The van der Waals surface area contributed by atoms with Gasteiger partial charge in [-0.2, -0.15) is 8.62 Å². The molecule has 0 aromatic heterocycles. The van der Waals surface area contributed by atoms with Crippen LogP contribution >= 0.6 is 23.5 Å². The Hall–Kier alpha value is 0.0800. The molecule has 0 bridgehead atoms. The van der Waals surface area contributed by atoms with Gasteiger partial charge in [-0.15, -0.1) is 0 Å². The molecule has 0 aliphatic carbocycles. The molecule has 0 aromatic carbocycles. The molecule has 0 aromatic rings. The van der Waals surface area contributed by atoms with Gasteiger partial charge < -0.3 is 24.4 Å². The quantitative estimate of drug-likeness (QED) is 0.353. The lowest BCUT2D eigenvalue weighted by atomic mass is 10.9. The molecule has 4 N–H and O–H groups in total. The van der Waals surface area contributed by atoms with Crippen LogP contribution in [0.5, 0.6) is 0 Å². The van der Waals surface area contributed by atoms with Crippen molar-refractivity contribution in [3.63, 3.8) is 0 Å². The molecule has 16 heavy (non-hydrogen) atoms. The number of hydrogen-bond acceptors (Lipinski definition) is 7. The van der Waals surface area contributed by atoms with Crippen LogP contribution in [0.3, 0.4) is 0 Å². The maximum atomic E-state index is 10.8. The van der Waals surface area contributed by atoms with Gasteiger partial charge in [-0.25, -0.2) is 13.7 Å². The van der Waals surface area contributed by atoms with Crippen LogP contribution in [0.1, 0.15) is 0 Å². The Bertz CT molecular complexity index is 379. The van der Waals surface area contributed by atoms with E-state index >= 15 is 0 Å². The van der Waals surface area contributed by atoms with E-state index < -0.39 is 30.1 Å². The van der Waals surface area contributed by atoms with Crippen LogP contribution in [0.15, 0.2) is 0 Å². The van der Waals surface area contributed by atoms with Crippen LogP contribution in [-0.2, 0) is 31.6 Å². The maximum absolute atomic E-state index is 10.8. The highest BCUT2D eigenvalue weighted by molar-refractivity contribution is 7.66. The van der Waals surface area contributed by atoms with Crippen molar-refractivity contribution in [2.45, 2.75) is 0 Å². The summed E-state index contributed by atoms with van der Waals surface area (Å²) in [6, 6.07) is 0. The zero-order valence-electron chi connectivity index (χ0n) is 7.27. The van der Waals surface area contributed by atoms with Crippen LogP contribution in [0.2, 0.25) is 0 Å². The van der Waals surface area contributed by atoms with Gasteiger partial charge in [0.1, 0.15) is 12.9 Å². The Morgan fingerprint density at radius 1 is 0.938 bits per heavy atom. The average Bonchev–Trinajstić information content (AvgIpc) is 1.93. The number of carbonyl (C=O) groups is 1. The molecule has 0 saturated heterocycles. The summed E-state index contributed by atoms with van der Waals surface area (Å²) in [5, 5.41) is 0. The summed E-state index contributed by atoms with van der Waals surface area (Å²) in [6.07, 6.45) is 0.0400. The average molecular weight is 300 g/mol. The Labute approximate surface area is 88.4 Å². The molecule has 0 rings (SSSR count). The smallest absolute Gasteiger partial charge is 0.302 e. The highest BCUT2D eigenvalue weighted by Gasteiger charge is 2.40. The van der Waals surface area contributed by atoms with Gasteiger partial charge in [-0.05, 0) is 0 Å². The molecule has 2 unspecified atom stereocenters. The lowest BCUT2D eigenvalue weighted by Gasteiger charge is -2.14. The van der Waals surface area contributed by atoms with Gasteiger partial charge in [0.15, 0.2) is 0 Å². The number of hydrogen-bond donors (Lipinski definition) is 4. The van der Waals surface area contributed by atoms with Gasteiger partial charge in [-0.3, -0.25) is 4.52 Å². The van der Waals surface area contributed by atoms with Gasteiger partial charge in [-0.1, -0.05) is 0 Å². The SMILES string of the molecule is O=CCOP(=O)(O)OP(=O)(O)OP(=O)(O)O. The number of phosphoric acid groups is 3. The fraction of sp³-hybridized carbons (Fsp3) is 0.500. The van der Waals surface area contributed by atoms with Gasteiger partial charge in [0.2, 0.25) is 0 Å². The first-order valence-corrected chi connectivity index (χ1v) is 7.71. The number of aldehydes is 1. The van der Waals surface area contributed by atoms with Crippen molar-refractivity contribution in [1.29, 1.82) is 0 Å². The topological polar surface area (TPSA) is 177 Å². The molecule has 0 fully saturated rings. The summed E-state index contributed by atoms with van der Waals surface area (Å²) < 4.78 is 42.0. The summed E-state index contributed by atoms with van der Waals surface area (Å²) in [5.41, 5.74) is 0. The zero-order valence-corrected chi connectivity index (χ0v) is 9.96. The number of rotatable bonds is 7. The normalized spacial score (nSPS) is 19.8. The minimum absolute atomic E-state index is 0.0400. The van der Waals surface area contributed by atoms with Crippen LogP contribution < -0.4 is 0 Å². The van der Waals surface area contributed by atoms with E-state index in [-0.39, 0.29) is 6.29 Å². The summed E-state index contributed by atoms with van der Waals surface area (Å²) in [4.78, 5) is 43.3. The first-order valence-electron chi connectivity index (χ1n) is 3.19. The molecule has 0 aliphatic rings. The molecule has 0 radical (unpaired) electrons. The lowest BCUT2D eigenvalue weighted by molar-refractivity contribution is -0.110. The minimum atomic E-state index is -5.49. The van der Waals surface area contributed by atoms with Gasteiger partial charge in [0, 0.05) is 0 Å². The summed E-state index contributed by atoms with van der Waals surface area (Å²) in [7, 11) is -16.0. The molecule has 0 heterocycles. The Morgan fingerprint density at radius 3 is 1.81 bits per heavy atom. The second kappa shape index (κ2) is 5.61. The van der Waals surface area contributed by atoms with E-state index in [2.05, 4.69) is 13.1 Å². The van der Waals surface area contributed by atoms with E-state index in [1.807, 2.05) is 0 Å². The van der Waals surface area contributed by atoms with Crippen molar-refractivity contribution in [1.82, 2.24) is 0 Å². The molecule has 14 heteroatoms. The summed E-state index contributed by atoms with van der Waals surface area (Å²) >= 11 is 0. The van der Waals surface area contributed by atoms with Crippen molar-refractivity contribution >= 4 is 29.8 Å². The lowest BCUT2D eigenvalue weighted by Crippen LogP contribution is -1.98. The first kappa shape index (κ1) is 16.1. The molecule has 96 valence electrons. The molecule has 0 spiro atoms. The van der Waals surface area contributed by atoms with E-state index in [9.17, 15) is 18.5 Å². The number of carbonyl (C=O) groups excluding carboxylic acids is 1. The zero-order chi connectivity index (χ0) is 13.0. The summed E-state index contributed by atoms with van der Waals surface area (Å²) in [5.74, 6) is 0. The monoisotopic (exact) mass is 300 g/mol. The molecule has 2 atom stereocenters. The first-order chi connectivity index (χ1) is 6.97. The molecule has 0 amide bonds. The van der Waals surface area contributed by atoms with E-state index in [0.29, 0.717) is 0 Å². The molecule has 11 nitrogen and oxygen atoms in total.